The monoisotopic (exact) mass is 270 g/mol. The van der Waals surface area contributed by atoms with Crippen LogP contribution in [0, 0.1) is 0 Å². The summed E-state index contributed by atoms with van der Waals surface area (Å²) >= 11 is 1.61. The number of rotatable bonds is 3. The number of aromatic amines is 1. The highest BCUT2D eigenvalue weighted by atomic mass is 32.1. The summed E-state index contributed by atoms with van der Waals surface area (Å²) in [5.41, 5.74) is 7.33. The predicted molar refractivity (Wildman–Crippen MR) is 76.0 cm³/mol. The molecule has 94 valence electrons. The van der Waals surface area contributed by atoms with Crippen LogP contribution in [0.5, 0.6) is 0 Å². The van der Waals surface area contributed by atoms with Crippen molar-refractivity contribution in [1.29, 1.82) is 0 Å². The van der Waals surface area contributed by atoms with Crippen LogP contribution in [0.25, 0.3) is 10.7 Å². The van der Waals surface area contributed by atoms with Gasteiger partial charge in [0.05, 0.1) is 10.6 Å². The van der Waals surface area contributed by atoms with Gasteiger partial charge in [0, 0.05) is 5.69 Å². The van der Waals surface area contributed by atoms with Gasteiger partial charge in [-0.15, -0.1) is 16.3 Å². The zero-order valence-corrected chi connectivity index (χ0v) is 10.8. The summed E-state index contributed by atoms with van der Waals surface area (Å²) in [4.78, 5) is 12.7. The summed E-state index contributed by atoms with van der Waals surface area (Å²) in [5, 5.41) is 5.17. The van der Waals surface area contributed by atoms with Gasteiger partial charge in [-0.1, -0.05) is 17.1 Å². The minimum atomic E-state index is 0.629. The molecular weight excluding hydrogens is 258 g/mol. The third-order valence-corrected chi connectivity index (χ3v) is 3.36. The number of aromatic nitrogens is 3. The molecule has 0 bridgehead atoms. The molecule has 1 aromatic carbocycles. The van der Waals surface area contributed by atoms with Crippen LogP contribution in [0.3, 0.4) is 0 Å². The number of H-pyrrole nitrogens is 1. The van der Waals surface area contributed by atoms with Gasteiger partial charge in [-0.05, 0) is 29.6 Å². The quantitative estimate of drug-likeness (QED) is 0.716. The molecule has 0 aliphatic heterocycles. The second-order valence-corrected chi connectivity index (χ2v) is 4.86. The Morgan fingerprint density at radius 3 is 2.95 bits per heavy atom. The van der Waals surface area contributed by atoms with Gasteiger partial charge in [0.1, 0.15) is 0 Å². The standard InChI is InChI=1S/C13H11N5S/c14-9-3-1-4-10(7-9)17-13-16-8-15-12(18-13)11-5-2-6-19-11/h1-8H,14H2,(H,15,16,17,18)/p+1. The molecule has 3 rings (SSSR count). The second-order valence-electron chi connectivity index (χ2n) is 3.91. The second kappa shape index (κ2) is 5.03. The van der Waals surface area contributed by atoms with E-state index in [1.807, 2.05) is 41.8 Å². The van der Waals surface area contributed by atoms with Crippen LogP contribution in [-0.2, 0) is 0 Å². The zero-order chi connectivity index (χ0) is 13.1. The van der Waals surface area contributed by atoms with Crippen molar-refractivity contribution in [2.24, 2.45) is 0 Å². The molecule has 0 saturated heterocycles. The molecule has 0 amide bonds. The zero-order valence-electron chi connectivity index (χ0n) is 10.00. The number of anilines is 3. The average molecular weight is 270 g/mol. The number of nitrogens with one attached hydrogen (secondary N) is 2. The first-order chi connectivity index (χ1) is 9.31. The van der Waals surface area contributed by atoms with Gasteiger partial charge in [0.2, 0.25) is 0 Å². The Bertz CT molecular complexity index is 681. The van der Waals surface area contributed by atoms with Gasteiger partial charge in [-0.3, -0.25) is 5.32 Å². The van der Waals surface area contributed by atoms with Crippen molar-refractivity contribution in [3.05, 3.63) is 48.1 Å². The number of nitrogen functional groups attached to an aromatic ring is 1. The topological polar surface area (TPSA) is 78.0 Å². The van der Waals surface area contributed by atoms with Crippen LogP contribution in [0.15, 0.2) is 48.1 Å². The molecule has 2 aromatic heterocycles. The maximum absolute atomic E-state index is 5.74. The fraction of sp³-hybridized carbons (Fsp3) is 0. The van der Waals surface area contributed by atoms with Crippen molar-refractivity contribution in [1.82, 2.24) is 9.97 Å². The number of benzene rings is 1. The molecule has 0 unspecified atom stereocenters. The molecule has 6 heteroatoms. The molecule has 4 N–H and O–H groups in total. The molecule has 0 saturated carbocycles. The first kappa shape index (κ1) is 11.6. The summed E-state index contributed by atoms with van der Waals surface area (Å²) in [7, 11) is 0. The first-order valence-electron chi connectivity index (χ1n) is 5.72. The lowest BCUT2D eigenvalue weighted by atomic mass is 10.3. The highest BCUT2D eigenvalue weighted by Crippen LogP contribution is 2.21. The van der Waals surface area contributed by atoms with Gasteiger partial charge >= 0.3 is 5.95 Å². The van der Waals surface area contributed by atoms with E-state index in [9.17, 15) is 0 Å². The van der Waals surface area contributed by atoms with Crippen molar-refractivity contribution in [3.63, 3.8) is 0 Å². The number of nitrogens with zero attached hydrogens (tertiary/aromatic N) is 2. The Kier molecular flexibility index (Phi) is 3.07. The number of nitrogens with two attached hydrogens (primary N) is 1. The number of thiophene rings is 1. The third kappa shape index (κ3) is 2.69. The Morgan fingerprint density at radius 2 is 2.16 bits per heavy atom. The summed E-state index contributed by atoms with van der Waals surface area (Å²) in [6.07, 6.45) is 1.62. The minimum absolute atomic E-state index is 0.629. The number of hydrogen-bond donors (Lipinski definition) is 2. The SMILES string of the molecule is Nc1cccc(Nc2nc(-c3cccs3)nc[nH+]2)c1. The maximum Gasteiger partial charge on any atom is 0.352 e. The largest absolute Gasteiger partial charge is 0.399 e. The van der Waals surface area contributed by atoms with Crippen LogP contribution in [0.1, 0.15) is 0 Å². The molecule has 19 heavy (non-hydrogen) atoms. The van der Waals surface area contributed by atoms with Crippen molar-refractivity contribution in [2.75, 3.05) is 11.1 Å². The highest BCUT2D eigenvalue weighted by molar-refractivity contribution is 7.13. The first-order valence-corrected chi connectivity index (χ1v) is 6.60. The molecule has 0 aliphatic rings. The molecule has 5 nitrogen and oxygen atoms in total. The highest BCUT2D eigenvalue weighted by Gasteiger charge is 2.11. The van der Waals surface area contributed by atoms with Gasteiger partial charge in [-0.2, -0.15) is 0 Å². The van der Waals surface area contributed by atoms with Crippen LogP contribution in [0.4, 0.5) is 17.3 Å². The van der Waals surface area contributed by atoms with E-state index in [0.717, 1.165) is 10.6 Å². The summed E-state index contributed by atoms with van der Waals surface area (Å²) in [5.74, 6) is 1.32. The van der Waals surface area contributed by atoms with Gasteiger partial charge < -0.3 is 5.73 Å². The van der Waals surface area contributed by atoms with Crippen molar-refractivity contribution in [3.8, 4) is 10.7 Å². The van der Waals surface area contributed by atoms with Gasteiger partial charge in [-0.25, -0.2) is 4.98 Å². The molecular formula is C13H12N5S+. The van der Waals surface area contributed by atoms with Gasteiger partial charge in [0.15, 0.2) is 6.33 Å². The fourth-order valence-electron chi connectivity index (χ4n) is 1.66. The summed E-state index contributed by atoms with van der Waals surface area (Å²) in [6, 6.07) is 11.5. The Balaban J connectivity index is 1.88. The van der Waals surface area contributed by atoms with E-state index in [1.165, 1.54) is 0 Å². The molecule has 2 heterocycles. The van der Waals surface area contributed by atoms with Gasteiger partial charge in [0.25, 0.3) is 5.82 Å². The molecule has 0 atom stereocenters. The minimum Gasteiger partial charge on any atom is -0.399 e. The lowest BCUT2D eigenvalue weighted by Gasteiger charge is -2.00. The smallest absolute Gasteiger partial charge is 0.352 e. The molecule has 3 aromatic rings. The summed E-state index contributed by atoms with van der Waals surface area (Å²) in [6.45, 7) is 0. The van der Waals surface area contributed by atoms with E-state index in [4.69, 9.17) is 5.73 Å². The molecule has 0 fully saturated rings. The third-order valence-electron chi connectivity index (χ3n) is 2.50. The van der Waals surface area contributed by atoms with Crippen molar-refractivity contribution >= 4 is 28.7 Å². The van der Waals surface area contributed by atoms with Crippen molar-refractivity contribution < 1.29 is 4.98 Å². The van der Waals surface area contributed by atoms with Crippen LogP contribution in [0.2, 0.25) is 0 Å². The number of hydrogen-bond acceptors (Lipinski definition) is 5. The Hall–Kier alpha value is -2.47. The predicted octanol–water partition coefficient (Wildman–Crippen LogP) is 2.34. The van der Waals surface area contributed by atoms with E-state index in [-0.39, 0.29) is 0 Å². The normalized spacial score (nSPS) is 10.3. The van der Waals surface area contributed by atoms with E-state index in [2.05, 4.69) is 20.3 Å². The van der Waals surface area contributed by atoms with Crippen LogP contribution < -0.4 is 16.0 Å². The van der Waals surface area contributed by atoms with Crippen LogP contribution >= 0.6 is 11.3 Å². The lowest BCUT2D eigenvalue weighted by molar-refractivity contribution is -0.369. The lowest BCUT2D eigenvalue weighted by Crippen LogP contribution is -2.13. The van der Waals surface area contributed by atoms with E-state index < -0.39 is 0 Å². The molecule has 0 aliphatic carbocycles. The van der Waals surface area contributed by atoms with Crippen LogP contribution in [-0.4, -0.2) is 9.97 Å². The summed E-state index contributed by atoms with van der Waals surface area (Å²) < 4.78 is 0. The van der Waals surface area contributed by atoms with E-state index >= 15 is 0 Å². The maximum atomic E-state index is 5.74. The Morgan fingerprint density at radius 1 is 1.21 bits per heavy atom. The Labute approximate surface area is 114 Å². The molecule has 0 spiro atoms. The van der Waals surface area contributed by atoms with Crippen molar-refractivity contribution in [2.45, 2.75) is 0 Å². The fourth-order valence-corrected chi connectivity index (χ4v) is 2.33. The van der Waals surface area contributed by atoms with E-state index in [1.54, 1.807) is 17.7 Å². The molecule has 0 radical (unpaired) electrons. The van der Waals surface area contributed by atoms with E-state index in [0.29, 0.717) is 17.5 Å². The average Bonchev–Trinajstić information content (AvgIpc) is 2.93.